The van der Waals surface area contributed by atoms with Crippen LogP contribution in [0.3, 0.4) is 0 Å². The molecule has 0 saturated carbocycles. The zero-order chi connectivity index (χ0) is 10.3. The van der Waals surface area contributed by atoms with Gasteiger partial charge in [-0.1, -0.05) is 11.6 Å². The van der Waals surface area contributed by atoms with Gasteiger partial charge in [0.2, 0.25) is 0 Å². The van der Waals surface area contributed by atoms with Crippen molar-refractivity contribution in [3.05, 3.63) is 29.1 Å². The van der Waals surface area contributed by atoms with Crippen molar-refractivity contribution < 1.29 is 4.42 Å². The average Bonchev–Trinajstić information content (AvgIpc) is 2.84. The summed E-state index contributed by atoms with van der Waals surface area (Å²) in [6, 6.07) is 5.94. The van der Waals surface area contributed by atoms with Crippen molar-refractivity contribution in [2.45, 2.75) is 18.9 Å². The molecule has 3 nitrogen and oxygen atoms in total. The quantitative estimate of drug-likeness (QED) is 0.798. The van der Waals surface area contributed by atoms with Crippen LogP contribution in [0.1, 0.15) is 24.6 Å². The van der Waals surface area contributed by atoms with Gasteiger partial charge in [0.1, 0.15) is 16.4 Å². The van der Waals surface area contributed by atoms with Crippen LogP contribution in [0.25, 0.3) is 11.1 Å². The molecule has 1 fully saturated rings. The molecule has 2 aromatic heterocycles. The lowest BCUT2D eigenvalue weighted by Crippen LogP contribution is -2.11. The van der Waals surface area contributed by atoms with Gasteiger partial charge >= 0.3 is 0 Å². The van der Waals surface area contributed by atoms with E-state index in [4.69, 9.17) is 16.0 Å². The number of rotatable bonds is 1. The Morgan fingerprint density at radius 3 is 3.06 bits per heavy atom. The number of aromatic nitrogens is 1. The van der Waals surface area contributed by atoms with Gasteiger partial charge < -0.3 is 9.73 Å². The van der Waals surface area contributed by atoms with E-state index in [1.165, 1.54) is 6.42 Å². The van der Waals surface area contributed by atoms with Gasteiger partial charge in [0.25, 0.3) is 0 Å². The summed E-state index contributed by atoms with van der Waals surface area (Å²) in [6.07, 6.45) is 2.34. The molecule has 0 amide bonds. The predicted molar refractivity (Wildman–Crippen MR) is 66.2 cm³/mol. The van der Waals surface area contributed by atoms with Crippen LogP contribution >= 0.6 is 24.0 Å². The van der Waals surface area contributed by atoms with Gasteiger partial charge in [-0.25, -0.2) is 4.98 Å². The fourth-order valence-corrected chi connectivity index (χ4v) is 2.17. The van der Waals surface area contributed by atoms with Gasteiger partial charge in [-0.3, -0.25) is 0 Å². The summed E-state index contributed by atoms with van der Waals surface area (Å²) in [5.41, 5.74) is 1.65. The minimum absolute atomic E-state index is 0. The van der Waals surface area contributed by atoms with Crippen LogP contribution < -0.4 is 5.32 Å². The number of hydrogen-bond donors (Lipinski definition) is 1. The molecule has 2 aromatic rings. The van der Waals surface area contributed by atoms with Crippen LogP contribution in [0.4, 0.5) is 0 Å². The molecule has 3 heterocycles. The zero-order valence-corrected chi connectivity index (χ0v) is 10.1. The van der Waals surface area contributed by atoms with Crippen molar-refractivity contribution in [2.24, 2.45) is 0 Å². The van der Waals surface area contributed by atoms with E-state index in [0.29, 0.717) is 11.2 Å². The lowest BCUT2D eigenvalue weighted by Gasteiger charge is -2.04. The first kappa shape index (κ1) is 11.7. The van der Waals surface area contributed by atoms with E-state index >= 15 is 0 Å². The van der Waals surface area contributed by atoms with E-state index in [1.54, 1.807) is 6.07 Å². The van der Waals surface area contributed by atoms with Crippen LogP contribution in [0.15, 0.2) is 22.6 Å². The summed E-state index contributed by atoms with van der Waals surface area (Å²) >= 11 is 5.82. The molecule has 0 unspecified atom stereocenters. The first-order valence-electron chi connectivity index (χ1n) is 5.12. The van der Waals surface area contributed by atoms with Crippen molar-refractivity contribution in [2.75, 3.05) is 6.54 Å². The minimum atomic E-state index is 0. The molecule has 1 atom stereocenters. The van der Waals surface area contributed by atoms with Gasteiger partial charge in [-0.15, -0.1) is 12.4 Å². The number of nitrogens with zero attached hydrogens (tertiary/aromatic N) is 1. The Kier molecular flexibility index (Phi) is 3.38. The lowest BCUT2D eigenvalue weighted by atomic mass is 10.2. The first-order chi connectivity index (χ1) is 7.33. The maximum Gasteiger partial charge on any atom is 0.152 e. The van der Waals surface area contributed by atoms with Gasteiger partial charge in [0.15, 0.2) is 5.58 Å². The molecule has 0 bridgehead atoms. The van der Waals surface area contributed by atoms with Gasteiger partial charge in [0, 0.05) is 6.07 Å². The molecular weight excluding hydrogens is 247 g/mol. The number of nitrogens with one attached hydrogen (secondary N) is 1. The summed E-state index contributed by atoms with van der Waals surface area (Å²) in [4.78, 5) is 4.21. The third kappa shape index (κ3) is 2.03. The van der Waals surface area contributed by atoms with Crippen molar-refractivity contribution in [3.63, 3.8) is 0 Å². The highest BCUT2D eigenvalue weighted by Gasteiger charge is 2.20. The average molecular weight is 259 g/mol. The monoisotopic (exact) mass is 258 g/mol. The van der Waals surface area contributed by atoms with E-state index < -0.39 is 0 Å². The molecule has 3 rings (SSSR count). The molecule has 1 aliphatic heterocycles. The second-order valence-electron chi connectivity index (χ2n) is 3.82. The van der Waals surface area contributed by atoms with Crippen LogP contribution in [-0.4, -0.2) is 11.5 Å². The number of fused-ring (bicyclic) bond motifs is 1. The molecule has 0 aliphatic carbocycles. The largest absolute Gasteiger partial charge is 0.458 e. The Morgan fingerprint density at radius 2 is 2.31 bits per heavy atom. The minimum Gasteiger partial charge on any atom is -0.458 e. The fourth-order valence-electron chi connectivity index (χ4n) is 2.02. The molecule has 16 heavy (non-hydrogen) atoms. The molecule has 1 N–H and O–H groups in total. The summed E-state index contributed by atoms with van der Waals surface area (Å²) in [5.74, 6) is 0.970. The summed E-state index contributed by atoms with van der Waals surface area (Å²) in [6.45, 7) is 1.07. The Hall–Kier alpha value is -0.770. The summed E-state index contributed by atoms with van der Waals surface area (Å²) in [5, 5.41) is 3.90. The Labute approximate surface area is 105 Å². The van der Waals surface area contributed by atoms with Crippen molar-refractivity contribution in [1.29, 1.82) is 0 Å². The third-order valence-electron chi connectivity index (χ3n) is 2.76. The van der Waals surface area contributed by atoms with Crippen molar-refractivity contribution in [1.82, 2.24) is 10.3 Å². The molecule has 0 aromatic carbocycles. The molecule has 0 radical (unpaired) electrons. The van der Waals surface area contributed by atoms with Crippen LogP contribution in [0.2, 0.25) is 5.15 Å². The highest BCUT2D eigenvalue weighted by molar-refractivity contribution is 6.29. The maximum atomic E-state index is 5.82. The SMILES string of the molecule is Cl.Clc1ccc2oc([C@H]3CCCN3)cc2n1. The highest BCUT2D eigenvalue weighted by atomic mass is 35.5. The highest BCUT2D eigenvalue weighted by Crippen LogP contribution is 2.28. The topological polar surface area (TPSA) is 38.1 Å². The zero-order valence-electron chi connectivity index (χ0n) is 8.57. The maximum absolute atomic E-state index is 5.82. The van der Waals surface area contributed by atoms with Crippen molar-refractivity contribution >= 4 is 35.1 Å². The number of hydrogen-bond acceptors (Lipinski definition) is 3. The van der Waals surface area contributed by atoms with Crippen LogP contribution in [0, 0.1) is 0 Å². The van der Waals surface area contributed by atoms with Gasteiger partial charge in [-0.2, -0.15) is 0 Å². The number of furan rings is 1. The molecule has 0 spiro atoms. The first-order valence-corrected chi connectivity index (χ1v) is 5.50. The number of halogens is 2. The molecule has 1 aliphatic rings. The normalized spacial score (nSPS) is 19.9. The van der Waals surface area contributed by atoms with E-state index in [1.807, 2.05) is 12.1 Å². The fraction of sp³-hybridized carbons (Fsp3) is 0.364. The lowest BCUT2D eigenvalue weighted by molar-refractivity contribution is 0.471. The van der Waals surface area contributed by atoms with E-state index in [2.05, 4.69) is 10.3 Å². The van der Waals surface area contributed by atoms with Crippen LogP contribution in [0.5, 0.6) is 0 Å². The number of pyridine rings is 1. The smallest absolute Gasteiger partial charge is 0.152 e. The van der Waals surface area contributed by atoms with Crippen LogP contribution in [-0.2, 0) is 0 Å². The molecular formula is C11H12Cl2N2O. The Morgan fingerprint density at radius 1 is 1.44 bits per heavy atom. The second-order valence-corrected chi connectivity index (χ2v) is 4.20. The molecule has 86 valence electrons. The predicted octanol–water partition coefficient (Wildman–Crippen LogP) is 3.33. The molecule has 1 saturated heterocycles. The third-order valence-corrected chi connectivity index (χ3v) is 2.97. The summed E-state index contributed by atoms with van der Waals surface area (Å²) in [7, 11) is 0. The molecule has 5 heteroatoms. The van der Waals surface area contributed by atoms with Crippen molar-refractivity contribution in [3.8, 4) is 0 Å². The van der Waals surface area contributed by atoms with Gasteiger partial charge in [-0.05, 0) is 31.5 Å². The Balaban J connectivity index is 0.000000963. The second kappa shape index (κ2) is 4.62. The Bertz CT molecular complexity index is 492. The van der Waals surface area contributed by atoms with E-state index in [0.717, 1.165) is 29.8 Å². The summed E-state index contributed by atoms with van der Waals surface area (Å²) < 4.78 is 5.72. The van der Waals surface area contributed by atoms with E-state index in [-0.39, 0.29) is 12.4 Å². The standard InChI is InChI=1S/C11H11ClN2O.ClH/c12-11-4-3-9-8(14-11)6-10(15-9)7-2-1-5-13-7;/h3-4,6-7,13H,1-2,5H2;1H/t7-;/m1./s1. The van der Waals surface area contributed by atoms with Gasteiger partial charge in [0.05, 0.1) is 6.04 Å². The van der Waals surface area contributed by atoms with E-state index in [9.17, 15) is 0 Å².